The van der Waals surface area contributed by atoms with E-state index in [1.807, 2.05) is 30.3 Å². The molecule has 0 heterocycles. The molecule has 0 aliphatic heterocycles. The molecule has 4 nitrogen and oxygen atoms in total. The number of alkyl halides is 3. The second-order valence-electron chi connectivity index (χ2n) is 7.34. The van der Waals surface area contributed by atoms with Gasteiger partial charge in [0.15, 0.2) is 0 Å². The van der Waals surface area contributed by atoms with E-state index < -0.39 is 11.7 Å². The summed E-state index contributed by atoms with van der Waals surface area (Å²) < 4.78 is 45.2. The maximum Gasteiger partial charge on any atom is 0.416 e. The van der Waals surface area contributed by atoms with Crippen LogP contribution in [0, 0.1) is 0 Å². The number of carbonyl (C=O) groups is 1. The van der Waals surface area contributed by atoms with Crippen molar-refractivity contribution in [2.75, 3.05) is 13.1 Å². The van der Waals surface area contributed by atoms with E-state index in [0.29, 0.717) is 43.0 Å². The Hall–Kier alpha value is -3.32. The first-order chi connectivity index (χ1) is 15.4. The predicted octanol–water partition coefficient (Wildman–Crippen LogP) is 5.28. The largest absolute Gasteiger partial charge is 0.488 e. The Morgan fingerprint density at radius 3 is 2.31 bits per heavy atom. The monoisotopic (exact) mass is 442 g/mol. The fourth-order valence-corrected chi connectivity index (χ4v) is 3.28. The van der Waals surface area contributed by atoms with Crippen LogP contribution >= 0.6 is 0 Å². The molecule has 0 unspecified atom stereocenters. The Morgan fingerprint density at radius 1 is 0.906 bits per heavy atom. The van der Waals surface area contributed by atoms with Crippen molar-refractivity contribution in [3.8, 4) is 5.75 Å². The van der Waals surface area contributed by atoms with Gasteiger partial charge >= 0.3 is 6.18 Å². The highest BCUT2D eigenvalue weighted by molar-refractivity contribution is 5.96. The van der Waals surface area contributed by atoms with Crippen molar-refractivity contribution in [2.45, 2.75) is 25.7 Å². The van der Waals surface area contributed by atoms with Gasteiger partial charge in [0.2, 0.25) is 0 Å². The molecule has 3 aromatic carbocycles. The number of carbonyl (C=O) groups excluding carboxylic acids is 1. The van der Waals surface area contributed by atoms with Crippen molar-refractivity contribution < 1.29 is 22.7 Å². The molecule has 1 amide bonds. The zero-order chi connectivity index (χ0) is 23.0. The molecule has 0 aromatic heterocycles. The van der Waals surface area contributed by atoms with Crippen LogP contribution in [0.3, 0.4) is 0 Å². The van der Waals surface area contributed by atoms with Gasteiger partial charge in [0.05, 0.1) is 11.1 Å². The van der Waals surface area contributed by atoms with Crippen molar-refractivity contribution >= 4 is 5.91 Å². The number of hydrogen-bond acceptors (Lipinski definition) is 3. The minimum Gasteiger partial charge on any atom is -0.488 e. The molecule has 168 valence electrons. The van der Waals surface area contributed by atoms with Crippen LogP contribution in [0.25, 0.3) is 0 Å². The summed E-state index contributed by atoms with van der Waals surface area (Å²) in [6.07, 6.45) is -3.92. The molecule has 3 aromatic rings. The number of nitrogens with two attached hydrogens (primary N) is 1. The van der Waals surface area contributed by atoms with Crippen molar-refractivity contribution in [1.29, 1.82) is 0 Å². The third kappa shape index (κ3) is 6.34. The normalized spacial score (nSPS) is 11.2. The van der Waals surface area contributed by atoms with Gasteiger partial charge in [-0.25, -0.2) is 0 Å². The van der Waals surface area contributed by atoms with Crippen molar-refractivity contribution in [1.82, 2.24) is 4.90 Å². The molecule has 0 spiro atoms. The molecule has 32 heavy (non-hydrogen) atoms. The SMILES string of the molecule is NCCCN(Cc1cccc(C(F)(F)F)c1)C(=O)c1ccccc1OCc1ccccc1. The third-order valence-corrected chi connectivity index (χ3v) is 4.90. The van der Waals surface area contributed by atoms with Gasteiger partial charge in [-0.2, -0.15) is 13.2 Å². The number of rotatable bonds is 9. The first-order valence-corrected chi connectivity index (χ1v) is 10.3. The number of ether oxygens (including phenoxy) is 1. The summed E-state index contributed by atoms with van der Waals surface area (Å²) in [5.41, 5.74) is 6.59. The van der Waals surface area contributed by atoms with E-state index in [1.54, 1.807) is 30.3 Å². The van der Waals surface area contributed by atoms with Crippen LogP contribution in [0.5, 0.6) is 5.75 Å². The summed E-state index contributed by atoms with van der Waals surface area (Å²) in [7, 11) is 0. The van der Waals surface area contributed by atoms with E-state index in [9.17, 15) is 18.0 Å². The summed E-state index contributed by atoms with van der Waals surface area (Å²) in [6.45, 7) is 1.01. The Bertz CT molecular complexity index is 1020. The van der Waals surface area contributed by atoms with E-state index in [4.69, 9.17) is 10.5 Å². The summed E-state index contributed by atoms with van der Waals surface area (Å²) in [4.78, 5) is 14.9. The van der Waals surface area contributed by atoms with E-state index >= 15 is 0 Å². The molecule has 0 saturated heterocycles. The lowest BCUT2D eigenvalue weighted by Gasteiger charge is -2.24. The molecule has 0 fully saturated rings. The molecule has 7 heteroatoms. The van der Waals surface area contributed by atoms with Crippen molar-refractivity contribution in [3.05, 3.63) is 101 Å². The van der Waals surface area contributed by atoms with E-state index in [2.05, 4.69) is 0 Å². The van der Waals surface area contributed by atoms with Crippen LogP contribution in [0.15, 0.2) is 78.9 Å². The number of amides is 1. The summed E-state index contributed by atoms with van der Waals surface area (Å²) in [5, 5.41) is 0. The first-order valence-electron chi connectivity index (χ1n) is 10.3. The molecule has 0 bridgehead atoms. The molecule has 0 atom stereocenters. The molecule has 0 saturated carbocycles. The number of para-hydroxylation sites is 1. The van der Waals surface area contributed by atoms with Crippen LogP contribution in [-0.4, -0.2) is 23.9 Å². The maximum atomic E-state index is 13.4. The summed E-state index contributed by atoms with van der Waals surface area (Å²) in [5.74, 6) is 0.0997. The van der Waals surface area contributed by atoms with Crippen LogP contribution in [0.1, 0.15) is 33.5 Å². The van der Waals surface area contributed by atoms with Gasteiger partial charge < -0.3 is 15.4 Å². The second-order valence-corrected chi connectivity index (χ2v) is 7.34. The van der Waals surface area contributed by atoms with E-state index in [1.165, 1.54) is 11.0 Å². The Balaban J connectivity index is 1.82. The second kappa shape index (κ2) is 10.8. The van der Waals surface area contributed by atoms with Gasteiger partial charge in [0.1, 0.15) is 12.4 Å². The lowest BCUT2D eigenvalue weighted by Crippen LogP contribution is -2.33. The van der Waals surface area contributed by atoms with Crippen LogP contribution < -0.4 is 10.5 Å². The van der Waals surface area contributed by atoms with Gasteiger partial charge in [0.25, 0.3) is 5.91 Å². The standard InChI is InChI=1S/C25H25F3N2O2/c26-25(27,28)21-11-6-10-20(16-21)17-30(15-7-14-29)24(31)22-12-4-5-13-23(22)32-18-19-8-2-1-3-9-19/h1-6,8-13,16H,7,14-15,17-18,29H2. The fraction of sp³-hybridized carbons (Fsp3) is 0.240. The van der Waals surface area contributed by atoms with Gasteiger partial charge in [0, 0.05) is 13.1 Å². The van der Waals surface area contributed by atoms with Crippen LogP contribution in [-0.2, 0) is 19.3 Å². The van der Waals surface area contributed by atoms with Gasteiger partial charge in [-0.3, -0.25) is 4.79 Å². The highest BCUT2D eigenvalue weighted by atomic mass is 19.4. The molecule has 0 aliphatic rings. The fourth-order valence-electron chi connectivity index (χ4n) is 3.28. The first kappa shape index (κ1) is 23.3. The minimum atomic E-state index is -4.44. The van der Waals surface area contributed by atoms with Crippen molar-refractivity contribution in [3.63, 3.8) is 0 Å². The molecule has 3 rings (SSSR count). The highest BCUT2D eigenvalue weighted by Crippen LogP contribution is 2.30. The lowest BCUT2D eigenvalue weighted by molar-refractivity contribution is -0.137. The predicted molar refractivity (Wildman–Crippen MR) is 117 cm³/mol. The molecule has 0 aliphatic carbocycles. The van der Waals surface area contributed by atoms with Gasteiger partial charge in [-0.15, -0.1) is 0 Å². The number of nitrogens with zero attached hydrogens (tertiary/aromatic N) is 1. The highest BCUT2D eigenvalue weighted by Gasteiger charge is 2.30. The average molecular weight is 442 g/mol. The van der Waals surface area contributed by atoms with Gasteiger partial charge in [-0.1, -0.05) is 54.6 Å². The summed E-state index contributed by atoms with van der Waals surface area (Å²) >= 11 is 0. The quantitative estimate of drug-likeness (QED) is 0.491. The zero-order valence-corrected chi connectivity index (χ0v) is 17.5. The number of hydrogen-bond donors (Lipinski definition) is 1. The molecule has 0 radical (unpaired) electrons. The van der Waals surface area contributed by atoms with Crippen LogP contribution in [0.4, 0.5) is 13.2 Å². The Labute approximate surface area is 185 Å². The summed E-state index contributed by atoms with van der Waals surface area (Å²) in [6, 6.07) is 21.4. The minimum absolute atomic E-state index is 0.0375. The molecular weight excluding hydrogens is 417 g/mol. The number of benzene rings is 3. The lowest BCUT2D eigenvalue weighted by atomic mass is 10.1. The third-order valence-electron chi connectivity index (χ3n) is 4.90. The smallest absolute Gasteiger partial charge is 0.416 e. The number of halogens is 3. The van der Waals surface area contributed by atoms with E-state index in [-0.39, 0.29) is 12.5 Å². The molecule has 2 N–H and O–H groups in total. The average Bonchev–Trinajstić information content (AvgIpc) is 2.80. The molecular formula is C25H25F3N2O2. The topological polar surface area (TPSA) is 55.6 Å². The Morgan fingerprint density at radius 2 is 1.59 bits per heavy atom. The van der Waals surface area contributed by atoms with Crippen LogP contribution in [0.2, 0.25) is 0 Å². The van der Waals surface area contributed by atoms with Gasteiger partial charge in [-0.05, 0) is 48.4 Å². The van der Waals surface area contributed by atoms with Crippen molar-refractivity contribution in [2.24, 2.45) is 5.73 Å². The van der Waals surface area contributed by atoms with E-state index in [0.717, 1.165) is 17.7 Å². The maximum absolute atomic E-state index is 13.4. The Kier molecular flexibility index (Phi) is 7.89. The zero-order valence-electron chi connectivity index (χ0n) is 17.5.